The lowest BCUT2D eigenvalue weighted by molar-refractivity contribution is -0.148. The molecule has 1 aromatic carbocycles. The van der Waals surface area contributed by atoms with Crippen molar-refractivity contribution in [3.63, 3.8) is 0 Å². The third-order valence-electron chi connectivity index (χ3n) is 6.19. The highest BCUT2D eigenvalue weighted by Crippen LogP contribution is 2.25. The first-order valence-electron chi connectivity index (χ1n) is 10.3. The molecule has 7 nitrogen and oxygen atoms in total. The molecule has 2 aromatic rings. The third kappa shape index (κ3) is 4.85. The van der Waals surface area contributed by atoms with Crippen molar-refractivity contribution in [3.8, 4) is 0 Å². The summed E-state index contributed by atoms with van der Waals surface area (Å²) in [4.78, 5) is 29.1. The molecule has 3 rings (SSSR count). The molecule has 1 saturated heterocycles. The molecule has 1 aliphatic rings. The number of rotatable bonds is 6. The van der Waals surface area contributed by atoms with Crippen molar-refractivity contribution >= 4 is 21.8 Å². The van der Waals surface area contributed by atoms with Gasteiger partial charge in [-0.3, -0.25) is 14.6 Å². The molecule has 0 spiro atoms. The first-order valence-corrected chi connectivity index (χ1v) is 11.7. The minimum Gasteiger partial charge on any atom is -0.457 e. The summed E-state index contributed by atoms with van der Waals surface area (Å²) in [6.07, 6.45) is 3.55. The van der Waals surface area contributed by atoms with Crippen LogP contribution >= 0.6 is 0 Å². The van der Waals surface area contributed by atoms with Crippen molar-refractivity contribution in [1.29, 1.82) is 0 Å². The number of aromatic nitrogens is 1. The number of pyridine rings is 1. The molecule has 0 unspecified atom stereocenters. The van der Waals surface area contributed by atoms with Crippen LogP contribution in [0.4, 0.5) is 0 Å². The molecule has 0 bridgehead atoms. The average molecular weight is 445 g/mol. The summed E-state index contributed by atoms with van der Waals surface area (Å²) < 4.78 is 32.0. The van der Waals surface area contributed by atoms with Gasteiger partial charge < -0.3 is 4.74 Å². The zero-order chi connectivity index (χ0) is 22.8. The maximum absolute atomic E-state index is 12.7. The van der Waals surface area contributed by atoms with Gasteiger partial charge in [-0.2, -0.15) is 4.31 Å². The van der Waals surface area contributed by atoms with Gasteiger partial charge in [-0.25, -0.2) is 8.42 Å². The molecule has 1 fully saturated rings. The van der Waals surface area contributed by atoms with Crippen molar-refractivity contribution in [2.75, 3.05) is 19.7 Å². The van der Waals surface area contributed by atoms with Gasteiger partial charge in [0, 0.05) is 31.0 Å². The highest BCUT2D eigenvalue weighted by Gasteiger charge is 2.33. The minimum atomic E-state index is -3.62. The number of sulfonamides is 1. The van der Waals surface area contributed by atoms with E-state index in [0.29, 0.717) is 18.4 Å². The highest BCUT2D eigenvalue weighted by atomic mass is 32.2. The van der Waals surface area contributed by atoms with Crippen LogP contribution in [0.5, 0.6) is 0 Å². The van der Waals surface area contributed by atoms with Gasteiger partial charge in [0.15, 0.2) is 6.61 Å². The normalized spacial score (nSPS) is 15.6. The van der Waals surface area contributed by atoms with Crippen LogP contribution in [0.3, 0.4) is 0 Å². The molecule has 1 aliphatic heterocycles. The number of hydrogen-bond donors (Lipinski definition) is 0. The Bertz CT molecular complexity index is 1090. The van der Waals surface area contributed by atoms with E-state index < -0.39 is 21.9 Å². The fourth-order valence-corrected chi connectivity index (χ4v) is 5.25. The Hall–Kier alpha value is -2.58. The number of esters is 1. The van der Waals surface area contributed by atoms with E-state index in [-0.39, 0.29) is 30.4 Å². The molecule has 2 heterocycles. The molecule has 8 heteroatoms. The van der Waals surface area contributed by atoms with E-state index in [0.717, 1.165) is 22.3 Å². The topological polar surface area (TPSA) is 93.6 Å². The zero-order valence-corrected chi connectivity index (χ0v) is 19.2. The number of aryl methyl sites for hydroxylation is 1. The first kappa shape index (κ1) is 23.1. The summed E-state index contributed by atoms with van der Waals surface area (Å²) in [6.45, 7) is 7.99. The van der Waals surface area contributed by atoms with E-state index in [1.54, 1.807) is 6.07 Å². The van der Waals surface area contributed by atoms with E-state index in [1.807, 2.05) is 33.8 Å². The predicted molar refractivity (Wildman–Crippen MR) is 116 cm³/mol. The van der Waals surface area contributed by atoms with E-state index in [2.05, 4.69) is 4.98 Å². The number of piperidine rings is 1. The van der Waals surface area contributed by atoms with Gasteiger partial charge in [-0.1, -0.05) is 0 Å². The van der Waals surface area contributed by atoms with Crippen LogP contribution in [0, 0.1) is 33.6 Å². The second kappa shape index (κ2) is 9.28. The molecule has 0 radical (unpaired) electrons. The predicted octanol–water partition coefficient (Wildman–Crippen LogP) is 3.14. The van der Waals surface area contributed by atoms with Gasteiger partial charge in [-0.15, -0.1) is 0 Å². The monoisotopic (exact) mass is 444 g/mol. The summed E-state index contributed by atoms with van der Waals surface area (Å²) in [6, 6.07) is 4.92. The molecular weight excluding hydrogens is 416 g/mol. The van der Waals surface area contributed by atoms with E-state index in [4.69, 9.17) is 4.74 Å². The van der Waals surface area contributed by atoms with Crippen LogP contribution < -0.4 is 0 Å². The Morgan fingerprint density at radius 3 is 2.39 bits per heavy atom. The standard InChI is InChI=1S/C23H28N2O5S/c1-15-12-21(18(4)17(3)16(15)2)22(26)14-30-23(27)19-7-10-25(11-8-19)31(28,29)20-6-5-9-24-13-20/h5-6,9,12-13,19H,7-8,10-11,14H2,1-4H3. The molecular formula is C23H28N2O5S. The van der Waals surface area contributed by atoms with Crippen molar-refractivity contribution in [3.05, 3.63) is 58.4 Å². The Morgan fingerprint density at radius 2 is 1.77 bits per heavy atom. The SMILES string of the molecule is Cc1cc(C(=O)COC(=O)C2CCN(S(=O)(=O)c3cccnc3)CC2)c(C)c(C)c1C. The second-order valence-electron chi connectivity index (χ2n) is 8.01. The van der Waals surface area contributed by atoms with E-state index in [9.17, 15) is 18.0 Å². The molecule has 0 aliphatic carbocycles. The Morgan fingerprint density at radius 1 is 1.10 bits per heavy atom. The highest BCUT2D eigenvalue weighted by molar-refractivity contribution is 7.89. The number of carbonyl (C=O) groups is 2. The maximum Gasteiger partial charge on any atom is 0.309 e. The van der Waals surface area contributed by atoms with Crippen LogP contribution in [0.15, 0.2) is 35.5 Å². The van der Waals surface area contributed by atoms with Gasteiger partial charge in [0.05, 0.1) is 5.92 Å². The number of carbonyl (C=O) groups excluding carboxylic acids is 2. The smallest absolute Gasteiger partial charge is 0.309 e. The molecule has 166 valence electrons. The van der Waals surface area contributed by atoms with Crippen molar-refractivity contribution in [2.45, 2.75) is 45.4 Å². The third-order valence-corrected chi connectivity index (χ3v) is 8.07. The Kier molecular flexibility index (Phi) is 6.91. The number of ether oxygens (including phenoxy) is 1. The number of Topliss-reactive ketones (excluding diaryl/α,β-unsaturated/α-hetero) is 1. The summed E-state index contributed by atoms with van der Waals surface area (Å²) in [5.74, 6) is -1.10. The number of hydrogen-bond acceptors (Lipinski definition) is 6. The summed E-state index contributed by atoms with van der Waals surface area (Å²) >= 11 is 0. The lowest BCUT2D eigenvalue weighted by Gasteiger charge is -2.30. The molecule has 1 aromatic heterocycles. The largest absolute Gasteiger partial charge is 0.457 e. The van der Waals surface area contributed by atoms with Crippen molar-refractivity contribution in [1.82, 2.24) is 9.29 Å². The summed E-state index contributed by atoms with van der Waals surface area (Å²) in [5.41, 5.74) is 4.72. The lowest BCUT2D eigenvalue weighted by Crippen LogP contribution is -2.40. The molecule has 31 heavy (non-hydrogen) atoms. The zero-order valence-electron chi connectivity index (χ0n) is 18.3. The van der Waals surface area contributed by atoms with Crippen LogP contribution in [0.25, 0.3) is 0 Å². The van der Waals surface area contributed by atoms with Gasteiger partial charge in [0.2, 0.25) is 15.8 Å². The summed E-state index contributed by atoms with van der Waals surface area (Å²) in [7, 11) is -3.62. The average Bonchev–Trinajstić information content (AvgIpc) is 2.78. The van der Waals surface area contributed by atoms with Gasteiger partial charge in [-0.05, 0) is 81.0 Å². The fraction of sp³-hybridized carbons (Fsp3) is 0.435. The first-order chi connectivity index (χ1) is 14.6. The van der Waals surface area contributed by atoms with Crippen LogP contribution in [-0.2, 0) is 19.6 Å². The van der Waals surface area contributed by atoms with Crippen LogP contribution in [0.1, 0.15) is 45.5 Å². The van der Waals surface area contributed by atoms with Gasteiger partial charge >= 0.3 is 5.97 Å². The number of nitrogens with zero attached hydrogens (tertiary/aromatic N) is 2. The second-order valence-corrected chi connectivity index (χ2v) is 9.95. The quantitative estimate of drug-likeness (QED) is 0.502. The van der Waals surface area contributed by atoms with Gasteiger partial charge in [0.1, 0.15) is 4.90 Å². The maximum atomic E-state index is 12.7. The molecule has 0 atom stereocenters. The van der Waals surface area contributed by atoms with Crippen molar-refractivity contribution < 1.29 is 22.7 Å². The van der Waals surface area contributed by atoms with Gasteiger partial charge in [0.25, 0.3) is 0 Å². The fourth-order valence-electron chi connectivity index (χ4n) is 3.81. The lowest BCUT2D eigenvalue weighted by atomic mass is 9.93. The van der Waals surface area contributed by atoms with E-state index >= 15 is 0 Å². The van der Waals surface area contributed by atoms with Crippen LogP contribution in [-0.4, -0.2) is 49.2 Å². The molecule has 0 amide bonds. The van der Waals surface area contributed by atoms with Crippen molar-refractivity contribution in [2.24, 2.45) is 5.92 Å². The Balaban J connectivity index is 1.57. The summed E-state index contributed by atoms with van der Waals surface area (Å²) in [5, 5.41) is 0. The minimum absolute atomic E-state index is 0.140. The number of benzene rings is 1. The number of ketones is 1. The molecule has 0 saturated carbocycles. The Labute approximate surface area is 183 Å². The van der Waals surface area contributed by atoms with E-state index in [1.165, 1.54) is 22.8 Å². The molecule has 0 N–H and O–H groups in total. The van der Waals surface area contributed by atoms with Crippen LogP contribution in [0.2, 0.25) is 0 Å².